The fourth-order valence-corrected chi connectivity index (χ4v) is 3.53. The highest BCUT2D eigenvalue weighted by atomic mass is 32.2. The SMILES string of the molecule is CC(=O)NCc1nnc(Sc2ccc(C(F)(F)F)cc2[N+](=O)[O-])n1-c1ccccc1F. The molecule has 1 amide bonds. The lowest BCUT2D eigenvalue weighted by atomic mass is 10.2. The van der Waals surface area contributed by atoms with E-state index in [1.807, 2.05) is 0 Å². The molecular weight excluding hydrogens is 442 g/mol. The molecule has 2 aromatic carbocycles. The van der Waals surface area contributed by atoms with E-state index in [0.717, 1.165) is 6.07 Å². The topological polar surface area (TPSA) is 103 Å². The van der Waals surface area contributed by atoms with E-state index in [-0.39, 0.29) is 34.0 Å². The Hall–Kier alpha value is -3.48. The van der Waals surface area contributed by atoms with Crippen LogP contribution in [0.15, 0.2) is 52.5 Å². The largest absolute Gasteiger partial charge is 0.416 e. The third-order valence-electron chi connectivity index (χ3n) is 3.97. The summed E-state index contributed by atoms with van der Waals surface area (Å²) in [5.41, 5.74) is -1.96. The highest BCUT2D eigenvalue weighted by Gasteiger charge is 2.33. The fourth-order valence-electron chi connectivity index (χ4n) is 2.58. The molecule has 0 fully saturated rings. The number of hydrogen-bond donors (Lipinski definition) is 1. The summed E-state index contributed by atoms with van der Waals surface area (Å²) in [6, 6.07) is 7.63. The van der Waals surface area contributed by atoms with Crippen LogP contribution in [0.1, 0.15) is 18.3 Å². The van der Waals surface area contributed by atoms with Crippen LogP contribution in [0.5, 0.6) is 0 Å². The lowest BCUT2D eigenvalue weighted by Crippen LogP contribution is -2.21. The van der Waals surface area contributed by atoms with Gasteiger partial charge in [-0.15, -0.1) is 10.2 Å². The molecule has 0 aliphatic heterocycles. The van der Waals surface area contributed by atoms with Gasteiger partial charge in [0.05, 0.1) is 27.6 Å². The first kappa shape index (κ1) is 22.2. The number of carbonyl (C=O) groups is 1. The number of benzene rings is 2. The summed E-state index contributed by atoms with van der Waals surface area (Å²) in [5.74, 6) is -0.914. The highest BCUT2D eigenvalue weighted by Crippen LogP contribution is 2.39. The van der Waals surface area contributed by atoms with Crippen molar-refractivity contribution in [1.82, 2.24) is 20.1 Å². The van der Waals surface area contributed by atoms with Gasteiger partial charge in [0.1, 0.15) is 5.82 Å². The van der Waals surface area contributed by atoms with Crippen molar-refractivity contribution in [3.8, 4) is 5.69 Å². The minimum atomic E-state index is -4.76. The molecular formula is C18H13F4N5O3S. The Labute approximate surface area is 176 Å². The summed E-state index contributed by atoms with van der Waals surface area (Å²) in [4.78, 5) is 21.5. The zero-order valence-corrected chi connectivity index (χ0v) is 16.5. The monoisotopic (exact) mass is 455 g/mol. The van der Waals surface area contributed by atoms with E-state index >= 15 is 0 Å². The maximum absolute atomic E-state index is 14.4. The molecule has 0 spiro atoms. The Morgan fingerprint density at radius 1 is 1.23 bits per heavy atom. The quantitative estimate of drug-likeness (QED) is 0.341. The van der Waals surface area contributed by atoms with E-state index < -0.39 is 28.2 Å². The van der Waals surface area contributed by atoms with Crippen LogP contribution < -0.4 is 5.32 Å². The van der Waals surface area contributed by atoms with Crippen molar-refractivity contribution in [3.05, 3.63) is 69.8 Å². The minimum absolute atomic E-state index is 0.00455. The van der Waals surface area contributed by atoms with Gasteiger partial charge >= 0.3 is 6.18 Å². The molecule has 0 saturated heterocycles. The second kappa shape index (κ2) is 8.71. The van der Waals surface area contributed by atoms with Gasteiger partial charge in [-0.25, -0.2) is 4.39 Å². The van der Waals surface area contributed by atoms with E-state index in [4.69, 9.17) is 0 Å². The molecule has 0 saturated carbocycles. The Morgan fingerprint density at radius 3 is 2.55 bits per heavy atom. The lowest BCUT2D eigenvalue weighted by molar-refractivity contribution is -0.388. The summed E-state index contributed by atoms with van der Waals surface area (Å²) < 4.78 is 54.5. The summed E-state index contributed by atoms with van der Waals surface area (Å²) >= 11 is 0.648. The molecule has 0 atom stereocenters. The molecule has 0 bridgehead atoms. The Morgan fingerprint density at radius 2 is 1.94 bits per heavy atom. The zero-order chi connectivity index (χ0) is 22.8. The molecule has 1 heterocycles. The van der Waals surface area contributed by atoms with Gasteiger partial charge in [0.2, 0.25) is 11.1 Å². The fraction of sp³-hybridized carbons (Fsp3) is 0.167. The molecule has 0 aliphatic carbocycles. The van der Waals surface area contributed by atoms with Gasteiger partial charge in [-0.2, -0.15) is 13.2 Å². The van der Waals surface area contributed by atoms with Gasteiger partial charge in [0.25, 0.3) is 5.69 Å². The molecule has 13 heteroatoms. The lowest BCUT2D eigenvalue weighted by Gasteiger charge is -2.12. The van der Waals surface area contributed by atoms with Crippen molar-refractivity contribution >= 4 is 23.4 Å². The van der Waals surface area contributed by atoms with Gasteiger partial charge in [0, 0.05) is 13.0 Å². The van der Waals surface area contributed by atoms with E-state index in [0.29, 0.717) is 23.9 Å². The molecule has 162 valence electrons. The second-order valence-electron chi connectivity index (χ2n) is 6.13. The maximum Gasteiger partial charge on any atom is 0.416 e. The number of nitrogens with zero attached hydrogens (tertiary/aromatic N) is 4. The summed E-state index contributed by atoms with van der Waals surface area (Å²) in [5, 5.41) is 21.6. The van der Waals surface area contributed by atoms with Crippen LogP contribution in [-0.2, 0) is 17.5 Å². The number of alkyl halides is 3. The second-order valence-corrected chi connectivity index (χ2v) is 7.14. The number of rotatable bonds is 6. The number of hydrogen-bond acceptors (Lipinski definition) is 6. The van der Waals surface area contributed by atoms with Crippen LogP contribution in [0, 0.1) is 15.9 Å². The Kier molecular flexibility index (Phi) is 6.24. The van der Waals surface area contributed by atoms with Gasteiger partial charge in [0.15, 0.2) is 5.82 Å². The van der Waals surface area contributed by atoms with E-state index in [1.165, 1.54) is 35.8 Å². The molecule has 8 nitrogen and oxygen atoms in total. The molecule has 31 heavy (non-hydrogen) atoms. The van der Waals surface area contributed by atoms with Gasteiger partial charge in [-0.3, -0.25) is 19.5 Å². The molecule has 3 rings (SSSR count). The average Bonchev–Trinajstić information content (AvgIpc) is 3.08. The van der Waals surface area contributed by atoms with Crippen molar-refractivity contribution < 1.29 is 27.3 Å². The average molecular weight is 455 g/mol. The van der Waals surface area contributed by atoms with Crippen molar-refractivity contribution in [3.63, 3.8) is 0 Å². The molecule has 0 radical (unpaired) electrons. The number of nitrogens with one attached hydrogen (secondary N) is 1. The molecule has 3 aromatic rings. The van der Waals surface area contributed by atoms with Crippen LogP contribution in [0.4, 0.5) is 23.2 Å². The normalized spacial score (nSPS) is 11.4. The third kappa shape index (κ3) is 4.99. The zero-order valence-electron chi connectivity index (χ0n) is 15.7. The number of aromatic nitrogens is 3. The van der Waals surface area contributed by atoms with Crippen molar-refractivity contribution in [2.24, 2.45) is 0 Å². The predicted molar refractivity (Wildman–Crippen MR) is 101 cm³/mol. The number of nitro groups is 1. The summed E-state index contributed by atoms with van der Waals surface area (Å²) in [7, 11) is 0. The smallest absolute Gasteiger partial charge is 0.349 e. The van der Waals surface area contributed by atoms with Gasteiger partial charge < -0.3 is 5.32 Å². The van der Waals surface area contributed by atoms with E-state index in [9.17, 15) is 32.5 Å². The first-order valence-corrected chi connectivity index (χ1v) is 9.36. The van der Waals surface area contributed by atoms with Crippen LogP contribution in [0.3, 0.4) is 0 Å². The first-order valence-electron chi connectivity index (χ1n) is 8.55. The molecule has 1 aromatic heterocycles. The number of halogens is 4. The van der Waals surface area contributed by atoms with Crippen LogP contribution in [0.2, 0.25) is 0 Å². The van der Waals surface area contributed by atoms with Gasteiger partial charge in [-0.05, 0) is 36.0 Å². The molecule has 1 N–H and O–H groups in total. The standard InChI is InChI=1S/C18H13F4N5O3S/c1-10(28)23-9-16-24-25-17(26(16)13-5-3-2-4-12(13)19)31-15-7-6-11(18(20,21)22)8-14(15)27(29)30/h2-8H,9H2,1H3,(H,23,28). The number of amides is 1. The predicted octanol–water partition coefficient (Wildman–Crippen LogP) is 4.12. The van der Waals surface area contributed by atoms with Crippen LogP contribution in [0.25, 0.3) is 5.69 Å². The Bertz CT molecular complexity index is 1150. The third-order valence-corrected chi connectivity index (χ3v) is 4.99. The van der Waals surface area contributed by atoms with Crippen LogP contribution >= 0.6 is 11.8 Å². The van der Waals surface area contributed by atoms with Crippen molar-refractivity contribution in [1.29, 1.82) is 0 Å². The summed E-state index contributed by atoms with van der Waals surface area (Å²) in [6.45, 7) is 1.15. The highest BCUT2D eigenvalue weighted by molar-refractivity contribution is 7.99. The van der Waals surface area contributed by atoms with E-state index in [2.05, 4.69) is 15.5 Å². The maximum atomic E-state index is 14.4. The number of carbonyl (C=O) groups excluding carboxylic acids is 1. The van der Waals surface area contributed by atoms with Crippen molar-refractivity contribution in [2.45, 2.75) is 29.7 Å². The number of para-hydroxylation sites is 1. The molecule has 0 aliphatic rings. The van der Waals surface area contributed by atoms with E-state index in [1.54, 1.807) is 0 Å². The van der Waals surface area contributed by atoms with Crippen molar-refractivity contribution in [2.75, 3.05) is 0 Å². The Balaban J connectivity index is 2.09. The number of nitro benzene ring substituents is 1. The summed E-state index contributed by atoms with van der Waals surface area (Å²) in [6.07, 6.45) is -4.76. The van der Waals surface area contributed by atoms with Crippen LogP contribution in [-0.4, -0.2) is 25.6 Å². The minimum Gasteiger partial charge on any atom is -0.349 e. The molecule has 0 unspecified atom stereocenters. The van der Waals surface area contributed by atoms with Gasteiger partial charge in [-0.1, -0.05) is 12.1 Å². The first-order chi connectivity index (χ1) is 14.6.